The van der Waals surface area contributed by atoms with Crippen LogP contribution in [0.3, 0.4) is 0 Å². The molecule has 1 fully saturated rings. The molecule has 2 rings (SSSR count). The van der Waals surface area contributed by atoms with E-state index in [2.05, 4.69) is 4.98 Å². The fourth-order valence-corrected chi connectivity index (χ4v) is 3.96. The van der Waals surface area contributed by atoms with Crippen LogP contribution in [0, 0.1) is 6.92 Å². The van der Waals surface area contributed by atoms with Crippen LogP contribution in [-0.2, 0) is 14.6 Å². The standard InChI is InChI=1S/C11H16N2O4S2/c1-3-17-10(14)9-8(2)18-11(12-9)13-4-6-19(15,16)7-5-13/h3-7H2,1-2H3. The molecule has 0 saturated carbocycles. The van der Waals surface area contributed by atoms with Crippen LogP contribution in [0.5, 0.6) is 0 Å². The minimum atomic E-state index is -2.91. The number of carbonyl (C=O) groups excluding carboxylic acids is 1. The number of hydrogen-bond acceptors (Lipinski definition) is 7. The first-order chi connectivity index (χ1) is 8.93. The molecule has 0 bridgehead atoms. The first kappa shape index (κ1) is 14.3. The third-order valence-corrected chi connectivity index (χ3v) is 5.51. The van der Waals surface area contributed by atoms with Gasteiger partial charge >= 0.3 is 5.97 Å². The molecule has 0 spiro atoms. The Bertz CT molecular complexity index is 566. The lowest BCUT2D eigenvalue weighted by Gasteiger charge is -2.25. The zero-order chi connectivity index (χ0) is 14.0. The Morgan fingerprint density at radius 2 is 2.05 bits per heavy atom. The normalized spacial score (nSPS) is 18.3. The fraction of sp³-hybridized carbons (Fsp3) is 0.636. The summed E-state index contributed by atoms with van der Waals surface area (Å²) >= 11 is 1.39. The lowest BCUT2D eigenvalue weighted by molar-refractivity contribution is 0.0519. The number of anilines is 1. The van der Waals surface area contributed by atoms with E-state index in [0.717, 1.165) is 4.88 Å². The molecule has 6 nitrogen and oxygen atoms in total. The zero-order valence-corrected chi connectivity index (χ0v) is 12.5. The minimum absolute atomic E-state index is 0.139. The SMILES string of the molecule is CCOC(=O)c1nc(N2CCS(=O)(=O)CC2)sc1C. The quantitative estimate of drug-likeness (QED) is 0.771. The lowest BCUT2D eigenvalue weighted by Crippen LogP contribution is -2.40. The van der Waals surface area contributed by atoms with Crippen molar-refractivity contribution in [2.45, 2.75) is 13.8 Å². The van der Waals surface area contributed by atoms with Crippen LogP contribution in [0.2, 0.25) is 0 Å². The number of sulfone groups is 1. The number of aryl methyl sites for hydroxylation is 1. The number of nitrogens with zero attached hydrogens (tertiary/aromatic N) is 2. The number of rotatable bonds is 3. The van der Waals surface area contributed by atoms with Crippen LogP contribution in [0.4, 0.5) is 5.13 Å². The molecule has 1 saturated heterocycles. The van der Waals surface area contributed by atoms with E-state index in [4.69, 9.17) is 4.74 Å². The molecule has 0 unspecified atom stereocenters. The Morgan fingerprint density at radius 1 is 1.42 bits per heavy atom. The maximum atomic E-state index is 11.7. The summed E-state index contributed by atoms with van der Waals surface area (Å²) in [5, 5.41) is 0.690. The molecule has 19 heavy (non-hydrogen) atoms. The Morgan fingerprint density at radius 3 is 2.63 bits per heavy atom. The summed E-state index contributed by atoms with van der Waals surface area (Å²) in [4.78, 5) is 18.6. The van der Waals surface area contributed by atoms with Crippen molar-refractivity contribution in [2.24, 2.45) is 0 Å². The second-order valence-electron chi connectivity index (χ2n) is 4.26. The summed E-state index contributed by atoms with van der Waals surface area (Å²) in [6, 6.07) is 0. The van der Waals surface area contributed by atoms with Gasteiger partial charge in [0.1, 0.15) is 0 Å². The highest BCUT2D eigenvalue weighted by Crippen LogP contribution is 2.27. The first-order valence-corrected chi connectivity index (χ1v) is 8.66. The van der Waals surface area contributed by atoms with Crippen LogP contribution in [0.1, 0.15) is 22.3 Å². The van der Waals surface area contributed by atoms with Gasteiger partial charge in [0.2, 0.25) is 0 Å². The van der Waals surface area contributed by atoms with Crippen molar-refractivity contribution in [3.63, 3.8) is 0 Å². The van der Waals surface area contributed by atoms with Gasteiger partial charge in [-0.05, 0) is 13.8 Å². The van der Waals surface area contributed by atoms with E-state index in [1.165, 1.54) is 11.3 Å². The van der Waals surface area contributed by atoms with Gasteiger partial charge in [-0.25, -0.2) is 18.2 Å². The van der Waals surface area contributed by atoms with Gasteiger partial charge in [-0.3, -0.25) is 0 Å². The summed E-state index contributed by atoms with van der Waals surface area (Å²) in [6.07, 6.45) is 0. The van der Waals surface area contributed by atoms with Crippen molar-refractivity contribution in [3.05, 3.63) is 10.6 Å². The molecular weight excluding hydrogens is 288 g/mol. The van der Waals surface area contributed by atoms with E-state index in [0.29, 0.717) is 30.5 Å². The van der Waals surface area contributed by atoms with Crippen LogP contribution >= 0.6 is 11.3 Å². The number of ether oxygens (including phenoxy) is 1. The predicted octanol–water partition coefficient (Wildman–Crippen LogP) is 0.863. The van der Waals surface area contributed by atoms with Crippen molar-refractivity contribution < 1.29 is 17.9 Å². The third kappa shape index (κ3) is 3.24. The summed E-state index contributed by atoms with van der Waals surface area (Å²) in [7, 11) is -2.91. The minimum Gasteiger partial charge on any atom is -0.461 e. The molecule has 2 heterocycles. The highest BCUT2D eigenvalue weighted by atomic mass is 32.2. The molecule has 0 amide bonds. The average molecular weight is 304 g/mol. The molecule has 1 aliphatic heterocycles. The molecule has 0 N–H and O–H groups in total. The highest BCUT2D eigenvalue weighted by molar-refractivity contribution is 7.91. The van der Waals surface area contributed by atoms with Crippen molar-refractivity contribution in [2.75, 3.05) is 36.1 Å². The largest absolute Gasteiger partial charge is 0.461 e. The maximum absolute atomic E-state index is 11.7. The Labute approximate surface area is 116 Å². The smallest absolute Gasteiger partial charge is 0.358 e. The van der Waals surface area contributed by atoms with E-state index in [-0.39, 0.29) is 11.5 Å². The first-order valence-electron chi connectivity index (χ1n) is 6.03. The van der Waals surface area contributed by atoms with Gasteiger partial charge in [-0.2, -0.15) is 0 Å². The molecule has 106 valence electrons. The summed E-state index contributed by atoms with van der Waals surface area (Å²) in [5.41, 5.74) is 0.329. The molecule has 0 atom stereocenters. The molecule has 1 aliphatic rings. The summed E-state index contributed by atoms with van der Waals surface area (Å²) in [6.45, 7) is 4.73. The maximum Gasteiger partial charge on any atom is 0.358 e. The molecular formula is C11H16N2O4S2. The van der Waals surface area contributed by atoms with E-state index in [1.54, 1.807) is 6.92 Å². The van der Waals surface area contributed by atoms with Crippen molar-refractivity contribution >= 4 is 32.3 Å². The molecule has 0 aliphatic carbocycles. The fourth-order valence-electron chi connectivity index (χ4n) is 1.81. The Balaban J connectivity index is 2.14. The van der Waals surface area contributed by atoms with Gasteiger partial charge in [0.25, 0.3) is 0 Å². The third-order valence-electron chi connectivity index (χ3n) is 2.87. The van der Waals surface area contributed by atoms with Gasteiger partial charge in [0, 0.05) is 18.0 Å². The predicted molar refractivity (Wildman–Crippen MR) is 73.7 cm³/mol. The van der Waals surface area contributed by atoms with Gasteiger partial charge in [0.15, 0.2) is 20.7 Å². The van der Waals surface area contributed by atoms with Crippen LogP contribution in [0.15, 0.2) is 0 Å². The van der Waals surface area contributed by atoms with Crippen molar-refractivity contribution in [1.29, 1.82) is 0 Å². The second kappa shape index (κ2) is 5.46. The van der Waals surface area contributed by atoms with Crippen LogP contribution in [-0.4, -0.2) is 50.6 Å². The van der Waals surface area contributed by atoms with E-state index >= 15 is 0 Å². The van der Waals surface area contributed by atoms with Gasteiger partial charge < -0.3 is 9.64 Å². The highest BCUT2D eigenvalue weighted by Gasteiger charge is 2.25. The molecule has 1 aromatic rings. The van der Waals surface area contributed by atoms with Crippen molar-refractivity contribution in [3.8, 4) is 0 Å². The topological polar surface area (TPSA) is 76.6 Å². The Kier molecular flexibility index (Phi) is 4.10. The van der Waals surface area contributed by atoms with Crippen molar-refractivity contribution in [1.82, 2.24) is 4.98 Å². The second-order valence-corrected chi connectivity index (χ2v) is 7.75. The molecule has 0 aromatic carbocycles. The number of aromatic nitrogens is 1. The van der Waals surface area contributed by atoms with E-state index in [1.807, 2.05) is 11.8 Å². The summed E-state index contributed by atoms with van der Waals surface area (Å²) < 4.78 is 27.7. The molecule has 8 heteroatoms. The van der Waals surface area contributed by atoms with Gasteiger partial charge in [-0.15, -0.1) is 11.3 Å². The van der Waals surface area contributed by atoms with Crippen LogP contribution < -0.4 is 4.90 Å². The lowest BCUT2D eigenvalue weighted by atomic mass is 10.4. The number of carbonyl (C=O) groups is 1. The summed E-state index contributed by atoms with van der Waals surface area (Å²) in [5.74, 6) is -0.145. The molecule has 1 aromatic heterocycles. The van der Waals surface area contributed by atoms with E-state index < -0.39 is 15.8 Å². The van der Waals surface area contributed by atoms with Gasteiger partial charge in [-0.1, -0.05) is 0 Å². The Hall–Kier alpha value is -1.15. The monoisotopic (exact) mass is 304 g/mol. The van der Waals surface area contributed by atoms with E-state index in [9.17, 15) is 13.2 Å². The number of hydrogen-bond donors (Lipinski definition) is 0. The van der Waals surface area contributed by atoms with Crippen LogP contribution in [0.25, 0.3) is 0 Å². The zero-order valence-electron chi connectivity index (χ0n) is 10.9. The number of esters is 1. The number of thiazole rings is 1. The molecule has 0 radical (unpaired) electrons. The average Bonchev–Trinajstić information content (AvgIpc) is 2.71. The van der Waals surface area contributed by atoms with Gasteiger partial charge in [0.05, 0.1) is 18.1 Å².